The molecule has 1 aliphatic rings. The number of nitrogens with zero attached hydrogens (tertiary/aromatic N) is 4. The number of alkyl halides is 2. The highest BCUT2D eigenvalue weighted by atomic mass is 32.2. The van der Waals surface area contributed by atoms with Crippen LogP contribution in [-0.4, -0.2) is 53.2 Å². The molecule has 0 aliphatic carbocycles. The molecule has 8 nitrogen and oxygen atoms in total. The van der Waals surface area contributed by atoms with Gasteiger partial charge in [-0.05, 0) is 49.8 Å². The highest BCUT2D eigenvalue weighted by molar-refractivity contribution is 8.03. The van der Waals surface area contributed by atoms with E-state index in [0.717, 1.165) is 45.1 Å². The number of aromatic nitrogens is 3. The van der Waals surface area contributed by atoms with Gasteiger partial charge in [0, 0.05) is 43.7 Å². The Kier molecular flexibility index (Phi) is 9.01. The van der Waals surface area contributed by atoms with Gasteiger partial charge >= 0.3 is 0 Å². The number of rotatable bonds is 10. The number of amides is 2. The first-order chi connectivity index (χ1) is 18.3. The van der Waals surface area contributed by atoms with Gasteiger partial charge in [0.05, 0.1) is 21.8 Å². The normalized spacial score (nSPS) is 15.1. The van der Waals surface area contributed by atoms with Crippen LogP contribution < -0.4 is 15.5 Å². The summed E-state index contributed by atoms with van der Waals surface area (Å²) in [5.41, 5.74) is 1.62. The van der Waals surface area contributed by atoms with Crippen LogP contribution in [0.5, 0.6) is 0 Å². The molecule has 2 N–H and O–H groups in total. The van der Waals surface area contributed by atoms with Gasteiger partial charge in [-0.2, -0.15) is 0 Å². The molecule has 0 unspecified atom stereocenters. The second-order valence-electron chi connectivity index (χ2n) is 9.22. The number of carbonyl (C=O) groups is 2. The van der Waals surface area contributed by atoms with Gasteiger partial charge in [-0.25, -0.2) is 18.7 Å². The standard InChI is InChI=1S/C27H30F2N6O2S/c1-27(28,29)22-5-3-4-19-6-7-21(33-24(19)22)16-30-15-18-9-12-35(13-10-18)26-31-11-8-20(34-26)14-23(38-2)25(37)32-17-36/h3-8,11,14,17-18,30H,9-10,12-13,15-16H2,1-2H3,(H,32,36,37)/b23-14-. The van der Waals surface area contributed by atoms with E-state index in [4.69, 9.17) is 0 Å². The Morgan fingerprint density at radius 1 is 1.18 bits per heavy atom. The third-order valence-electron chi connectivity index (χ3n) is 6.46. The van der Waals surface area contributed by atoms with Gasteiger partial charge < -0.3 is 10.2 Å². The second kappa shape index (κ2) is 12.4. The average Bonchev–Trinajstić information content (AvgIpc) is 2.91. The minimum Gasteiger partial charge on any atom is -0.341 e. The van der Waals surface area contributed by atoms with Gasteiger partial charge in [0.1, 0.15) is 0 Å². The van der Waals surface area contributed by atoms with E-state index >= 15 is 0 Å². The Labute approximate surface area is 224 Å². The van der Waals surface area contributed by atoms with E-state index in [1.165, 1.54) is 17.8 Å². The average molecular weight is 541 g/mol. The lowest BCUT2D eigenvalue weighted by atomic mass is 9.97. The van der Waals surface area contributed by atoms with Crippen LogP contribution in [0.15, 0.2) is 47.5 Å². The number of halogens is 2. The molecule has 3 aromatic rings. The van der Waals surface area contributed by atoms with E-state index in [1.54, 1.807) is 36.7 Å². The van der Waals surface area contributed by atoms with E-state index in [9.17, 15) is 18.4 Å². The van der Waals surface area contributed by atoms with Gasteiger partial charge in [-0.1, -0.05) is 24.3 Å². The fraction of sp³-hybridized carbons (Fsp3) is 0.370. The summed E-state index contributed by atoms with van der Waals surface area (Å²) in [6.07, 6.45) is 7.31. The quantitative estimate of drug-likeness (QED) is 0.293. The predicted molar refractivity (Wildman–Crippen MR) is 146 cm³/mol. The summed E-state index contributed by atoms with van der Waals surface area (Å²) in [6, 6.07) is 10.3. The summed E-state index contributed by atoms with van der Waals surface area (Å²) in [7, 11) is 0. The fourth-order valence-corrected chi connectivity index (χ4v) is 4.94. The van der Waals surface area contributed by atoms with Gasteiger partial charge in [-0.3, -0.25) is 19.9 Å². The van der Waals surface area contributed by atoms with Crippen LogP contribution in [0.25, 0.3) is 17.0 Å². The number of carbonyl (C=O) groups excluding carboxylic acids is 2. The molecule has 0 bridgehead atoms. The molecule has 11 heteroatoms. The zero-order valence-corrected chi connectivity index (χ0v) is 22.1. The number of piperidine rings is 1. The SMILES string of the molecule is CS/C(=C\c1ccnc(N2CCC(CNCc3ccc4cccc(C(C)(F)F)c4n3)CC2)n1)C(=O)NC=O. The molecule has 0 spiro atoms. The van der Waals surface area contributed by atoms with Crippen LogP contribution in [0.1, 0.15) is 36.7 Å². The first kappa shape index (κ1) is 27.6. The van der Waals surface area contributed by atoms with Crippen molar-refractivity contribution in [2.45, 2.75) is 32.2 Å². The van der Waals surface area contributed by atoms with Crippen molar-refractivity contribution in [3.63, 3.8) is 0 Å². The van der Waals surface area contributed by atoms with Crippen LogP contribution in [0, 0.1) is 5.92 Å². The molecule has 0 atom stereocenters. The van der Waals surface area contributed by atoms with Gasteiger partial charge in [0.2, 0.25) is 12.4 Å². The van der Waals surface area contributed by atoms with Crippen LogP contribution in [0.3, 0.4) is 0 Å². The van der Waals surface area contributed by atoms with Gasteiger partial charge in [0.15, 0.2) is 0 Å². The number of para-hydroxylation sites is 1. The highest BCUT2D eigenvalue weighted by Gasteiger charge is 2.27. The molecule has 4 rings (SSSR count). The van der Waals surface area contributed by atoms with Crippen molar-refractivity contribution in [2.75, 3.05) is 30.8 Å². The van der Waals surface area contributed by atoms with E-state index in [-0.39, 0.29) is 5.56 Å². The minimum atomic E-state index is -2.95. The van der Waals surface area contributed by atoms with Crippen molar-refractivity contribution in [1.82, 2.24) is 25.6 Å². The van der Waals surface area contributed by atoms with Crippen LogP contribution in [0.4, 0.5) is 14.7 Å². The minimum absolute atomic E-state index is 0.0556. The van der Waals surface area contributed by atoms with Gasteiger partial charge in [-0.15, -0.1) is 11.8 Å². The summed E-state index contributed by atoms with van der Waals surface area (Å²) in [6.45, 7) is 3.79. The Balaban J connectivity index is 1.31. The number of anilines is 1. The lowest BCUT2D eigenvalue weighted by Crippen LogP contribution is -2.38. The number of benzene rings is 1. The van der Waals surface area contributed by atoms with Crippen LogP contribution in [0.2, 0.25) is 0 Å². The molecule has 1 saturated heterocycles. The molecule has 1 fully saturated rings. The molecule has 200 valence electrons. The monoisotopic (exact) mass is 540 g/mol. The lowest BCUT2D eigenvalue weighted by molar-refractivity contribution is -0.121. The number of hydrogen-bond acceptors (Lipinski definition) is 8. The van der Waals surface area contributed by atoms with E-state index in [0.29, 0.717) is 46.3 Å². The smallest absolute Gasteiger partial charge is 0.272 e. The molecule has 0 radical (unpaired) electrons. The zero-order valence-electron chi connectivity index (χ0n) is 21.3. The summed E-state index contributed by atoms with van der Waals surface area (Å²) in [5.74, 6) is -2.36. The maximum absolute atomic E-state index is 14.0. The van der Waals surface area contributed by atoms with Crippen LogP contribution >= 0.6 is 11.8 Å². The molecule has 1 aromatic carbocycles. The van der Waals surface area contributed by atoms with Crippen molar-refractivity contribution < 1.29 is 18.4 Å². The first-order valence-corrected chi connectivity index (χ1v) is 13.6. The summed E-state index contributed by atoms with van der Waals surface area (Å²) < 4.78 is 28.0. The fourth-order valence-electron chi connectivity index (χ4n) is 4.45. The Bertz CT molecular complexity index is 1320. The predicted octanol–water partition coefficient (Wildman–Crippen LogP) is 4.12. The molecular weight excluding hydrogens is 510 g/mol. The zero-order chi connectivity index (χ0) is 27.1. The lowest BCUT2D eigenvalue weighted by Gasteiger charge is -2.32. The van der Waals surface area contributed by atoms with Crippen molar-refractivity contribution in [2.24, 2.45) is 5.92 Å². The molecule has 2 amide bonds. The maximum Gasteiger partial charge on any atom is 0.272 e. The molecular formula is C27H30F2N6O2S. The number of thioether (sulfide) groups is 1. The summed E-state index contributed by atoms with van der Waals surface area (Å²) in [4.78, 5) is 38.5. The summed E-state index contributed by atoms with van der Waals surface area (Å²) >= 11 is 1.23. The van der Waals surface area contributed by atoms with E-state index in [2.05, 4.69) is 30.5 Å². The Hall–Kier alpha value is -3.44. The molecule has 1 aliphatic heterocycles. The van der Waals surface area contributed by atoms with Crippen molar-refractivity contribution in [3.05, 3.63) is 64.5 Å². The summed E-state index contributed by atoms with van der Waals surface area (Å²) in [5, 5.41) is 6.28. The Morgan fingerprint density at radius 2 is 1.97 bits per heavy atom. The number of pyridine rings is 1. The van der Waals surface area contributed by atoms with Gasteiger partial charge in [0.25, 0.3) is 11.8 Å². The molecule has 38 heavy (non-hydrogen) atoms. The molecule has 3 heterocycles. The third-order valence-corrected chi connectivity index (χ3v) is 7.21. The van der Waals surface area contributed by atoms with Crippen molar-refractivity contribution in [1.29, 1.82) is 0 Å². The highest BCUT2D eigenvalue weighted by Crippen LogP contribution is 2.32. The third kappa shape index (κ3) is 6.90. The first-order valence-electron chi connectivity index (χ1n) is 12.3. The number of imide groups is 1. The number of hydrogen-bond donors (Lipinski definition) is 2. The number of fused-ring (bicyclic) bond motifs is 1. The maximum atomic E-state index is 14.0. The molecule has 2 aromatic heterocycles. The van der Waals surface area contributed by atoms with Crippen molar-refractivity contribution >= 4 is 47.0 Å². The largest absolute Gasteiger partial charge is 0.341 e. The number of nitrogens with one attached hydrogen (secondary N) is 2. The van der Waals surface area contributed by atoms with E-state index in [1.807, 2.05) is 12.1 Å². The van der Waals surface area contributed by atoms with Crippen LogP contribution in [-0.2, 0) is 22.1 Å². The Morgan fingerprint density at radius 3 is 2.68 bits per heavy atom. The van der Waals surface area contributed by atoms with Crippen molar-refractivity contribution in [3.8, 4) is 0 Å². The topological polar surface area (TPSA) is 100 Å². The molecule has 0 saturated carbocycles. The van der Waals surface area contributed by atoms with E-state index < -0.39 is 11.8 Å². The second-order valence-corrected chi connectivity index (χ2v) is 10.1.